The number of carbonyl (C=O) groups excluding carboxylic acids is 1. The van der Waals surface area contributed by atoms with Gasteiger partial charge in [0.15, 0.2) is 0 Å². The van der Waals surface area contributed by atoms with E-state index in [1.807, 2.05) is 0 Å². The topological polar surface area (TPSA) is 32.8 Å². The summed E-state index contributed by atoms with van der Waals surface area (Å²) in [6.07, 6.45) is 5.85. The predicted octanol–water partition coefficient (Wildman–Crippen LogP) is 3.76. The van der Waals surface area contributed by atoms with Crippen LogP contribution in [0.1, 0.15) is 57.1 Å². The van der Waals surface area contributed by atoms with Crippen molar-refractivity contribution in [1.82, 2.24) is 9.80 Å². The first-order valence-electron chi connectivity index (χ1n) is 9.62. The Kier molecular flexibility index (Phi) is 5.38. The summed E-state index contributed by atoms with van der Waals surface area (Å²) in [5, 5.41) is 0. The number of rotatable bonds is 3. The van der Waals surface area contributed by atoms with Crippen LogP contribution in [0.25, 0.3) is 0 Å². The van der Waals surface area contributed by atoms with E-state index in [0.717, 1.165) is 38.2 Å². The number of hydrogen-bond acceptors (Lipinski definition) is 3. The smallest absolute Gasteiger partial charge is 0.219 e. The van der Waals surface area contributed by atoms with Crippen molar-refractivity contribution in [3.8, 4) is 5.75 Å². The molecule has 138 valence electrons. The summed E-state index contributed by atoms with van der Waals surface area (Å²) >= 11 is 0. The molecule has 1 amide bonds. The Bertz CT molecular complexity index is 630. The van der Waals surface area contributed by atoms with Gasteiger partial charge in [-0.15, -0.1) is 0 Å². The Balaban J connectivity index is 1.87. The van der Waals surface area contributed by atoms with E-state index in [1.165, 1.54) is 30.4 Å². The number of methoxy groups -OCH3 is 1. The molecular formula is C21H32N2O2. The number of benzene rings is 1. The SMILES string of the molecule is COc1c(C)cccc1CN1CC[C@@]2(C)[C@@H]1CCCCCN2C(C)=O. The molecule has 0 N–H and O–H groups in total. The van der Waals surface area contributed by atoms with Crippen LogP contribution < -0.4 is 4.74 Å². The monoisotopic (exact) mass is 344 g/mol. The number of amides is 1. The van der Waals surface area contributed by atoms with Crippen LogP contribution in [0.2, 0.25) is 0 Å². The minimum Gasteiger partial charge on any atom is -0.496 e. The van der Waals surface area contributed by atoms with Crippen LogP contribution in [-0.2, 0) is 11.3 Å². The van der Waals surface area contributed by atoms with Crippen molar-refractivity contribution >= 4 is 5.91 Å². The molecule has 2 heterocycles. The van der Waals surface area contributed by atoms with E-state index in [1.54, 1.807) is 14.0 Å². The maximum Gasteiger partial charge on any atom is 0.219 e. The molecule has 0 spiro atoms. The number of para-hydroxylation sites is 1. The molecule has 4 heteroatoms. The van der Waals surface area contributed by atoms with Gasteiger partial charge in [-0.3, -0.25) is 9.69 Å². The molecule has 2 fully saturated rings. The first kappa shape index (κ1) is 18.2. The highest BCUT2D eigenvalue weighted by Crippen LogP contribution is 2.40. The number of hydrogen-bond donors (Lipinski definition) is 0. The van der Waals surface area contributed by atoms with Crippen molar-refractivity contribution in [2.45, 2.75) is 71.0 Å². The largest absolute Gasteiger partial charge is 0.496 e. The number of aryl methyl sites for hydroxylation is 1. The summed E-state index contributed by atoms with van der Waals surface area (Å²) in [7, 11) is 1.76. The average molecular weight is 344 g/mol. The number of likely N-dealkylation sites (tertiary alicyclic amines) is 2. The predicted molar refractivity (Wildman–Crippen MR) is 101 cm³/mol. The van der Waals surface area contributed by atoms with Crippen LogP contribution in [0.5, 0.6) is 5.75 Å². The fourth-order valence-electron chi connectivity index (χ4n) is 4.99. The van der Waals surface area contributed by atoms with E-state index in [4.69, 9.17) is 4.74 Å². The van der Waals surface area contributed by atoms with Crippen molar-refractivity contribution in [3.63, 3.8) is 0 Å². The molecule has 4 nitrogen and oxygen atoms in total. The van der Waals surface area contributed by atoms with Crippen molar-refractivity contribution in [3.05, 3.63) is 29.3 Å². The lowest BCUT2D eigenvalue weighted by Crippen LogP contribution is -2.57. The van der Waals surface area contributed by atoms with Crippen molar-refractivity contribution in [2.24, 2.45) is 0 Å². The first-order chi connectivity index (χ1) is 12.0. The molecule has 2 aliphatic rings. The Hall–Kier alpha value is -1.55. The molecule has 0 saturated carbocycles. The summed E-state index contributed by atoms with van der Waals surface area (Å²) in [6, 6.07) is 6.82. The summed E-state index contributed by atoms with van der Waals surface area (Å²) in [6.45, 7) is 8.99. The van der Waals surface area contributed by atoms with Gasteiger partial charge in [-0.1, -0.05) is 31.0 Å². The number of fused-ring (bicyclic) bond motifs is 1. The standard InChI is InChI=1S/C21H32N2O2/c1-16-9-8-10-18(20(16)25-4)15-22-14-12-21(3)19(22)11-6-5-7-13-23(21)17(2)24/h8-10,19H,5-7,11-15H2,1-4H3/t19-,21-/m0/s1. The highest BCUT2D eigenvalue weighted by Gasteiger charge is 2.48. The van der Waals surface area contributed by atoms with Crippen LogP contribution in [0.3, 0.4) is 0 Å². The molecule has 0 aliphatic carbocycles. The minimum atomic E-state index is -0.0384. The van der Waals surface area contributed by atoms with Crippen LogP contribution >= 0.6 is 0 Å². The number of carbonyl (C=O) groups is 1. The molecule has 3 rings (SSSR count). The van der Waals surface area contributed by atoms with Gasteiger partial charge in [0, 0.05) is 38.2 Å². The molecule has 2 aliphatic heterocycles. The highest BCUT2D eigenvalue weighted by molar-refractivity contribution is 5.74. The van der Waals surface area contributed by atoms with Gasteiger partial charge >= 0.3 is 0 Å². The van der Waals surface area contributed by atoms with E-state index in [2.05, 4.69) is 41.8 Å². The summed E-state index contributed by atoms with van der Waals surface area (Å²) in [5.74, 6) is 1.23. The fraction of sp³-hybridized carbons (Fsp3) is 0.667. The van der Waals surface area contributed by atoms with E-state index in [9.17, 15) is 4.79 Å². The maximum atomic E-state index is 12.3. The third-order valence-corrected chi connectivity index (χ3v) is 6.29. The third kappa shape index (κ3) is 3.41. The first-order valence-corrected chi connectivity index (χ1v) is 9.62. The van der Waals surface area contributed by atoms with Gasteiger partial charge in [0.25, 0.3) is 0 Å². The van der Waals surface area contributed by atoms with Crippen LogP contribution in [0.15, 0.2) is 18.2 Å². The second kappa shape index (κ2) is 7.36. The lowest BCUT2D eigenvalue weighted by molar-refractivity contribution is -0.136. The minimum absolute atomic E-state index is 0.0384. The van der Waals surface area contributed by atoms with E-state index in [-0.39, 0.29) is 11.4 Å². The Morgan fingerprint density at radius 3 is 2.80 bits per heavy atom. The van der Waals surface area contributed by atoms with Gasteiger partial charge in [-0.25, -0.2) is 0 Å². The second-order valence-corrected chi connectivity index (χ2v) is 7.88. The van der Waals surface area contributed by atoms with Gasteiger partial charge < -0.3 is 9.64 Å². The normalized spacial score (nSPS) is 27.5. The lowest BCUT2D eigenvalue weighted by Gasteiger charge is -2.45. The van der Waals surface area contributed by atoms with Gasteiger partial charge in [0.05, 0.1) is 12.6 Å². The van der Waals surface area contributed by atoms with Crippen molar-refractivity contribution in [1.29, 1.82) is 0 Å². The van der Waals surface area contributed by atoms with Crippen LogP contribution in [0.4, 0.5) is 0 Å². The van der Waals surface area contributed by atoms with E-state index in [0.29, 0.717) is 6.04 Å². The fourth-order valence-corrected chi connectivity index (χ4v) is 4.99. The Labute approximate surface area is 152 Å². The summed E-state index contributed by atoms with van der Waals surface area (Å²) < 4.78 is 5.66. The number of nitrogens with zero attached hydrogens (tertiary/aromatic N) is 2. The van der Waals surface area contributed by atoms with Gasteiger partial charge in [0.1, 0.15) is 5.75 Å². The Morgan fingerprint density at radius 1 is 1.28 bits per heavy atom. The molecule has 0 unspecified atom stereocenters. The molecule has 0 radical (unpaired) electrons. The van der Waals surface area contributed by atoms with E-state index >= 15 is 0 Å². The summed E-state index contributed by atoms with van der Waals surface area (Å²) in [5.41, 5.74) is 2.40. The van der Waals surface area contributed by atoms with Gasteiger partial charge in [0.2, 0.25) is 5.91 Å². The molecular weight excluding hydrogens is 312 g/mol. The zero-order chi connectivity index (χ0) is 18.0. The maximum absolute atomic E-state index is 12.3. The number of ether oxygens (including phenoxy) is 1. The van der Waals surface area contributed by atoms with Crippen molar-refractivity contribution < 1.29 is 9.53 Å². The third-order valence-electron chi connectivity index (χ3n) is 6.29. The molecule has 2 saturated heterocycles. The van der Waals surface area contributed by atoms with E-state index < -0.39 is 0 Å². The highest BCUT2D eigenvalue weighted by atomic mass is 16.5. The van der Waals surface area contributed by atoms with Gasteiger partial charge in [-0.05, 0) is 38.7 Å². The van der Waals surface area contributed by atoms with Gasteiger partial charge in [-0.2, -0.15) is 0 Å². The molecule has 2 atom stereocenters. The van der Waals surface area contributed by atoms with Crippen molar-refractivity contribution in [2.75, 3.05) is 20.2 Å². The average Bonchev–Trinajstić information content (AvgIpc) is 2.84. The summed E-state index contributed by atoms with van der Waals surface area (Å²) in [4.78, 5) is 17.0. The van der Waals surface area contributed by atoms with Crippen LogP contribution in [0, 0.1) is 6.92 Å². The molecule has 25 heavy (non-hydrogen) atoms. The van der Waals surface area contributed by atoms with Crippen LogP contribution in [-0.4, -0.2) is 47.5 Å². The zero-order valence-corrected chi connectivity index (χ0v) is 16.2. The molecule has 0 aromatic heterocycles. The zero-order valence-electron chi connectivity index (χ0n) is 16.2. The lowest BCUT2D eigenvalue weighted by atomic mass is 9.84. The quantitative estimate of drug-likeness (QED) is 0.837. The molecule has 1 aromatic rings. The Morgan fingerprint density at radius 2 is 2.08 bits per heavy atom. The second-order valence-electron chi connectivity index (χ2n) is 7.88. The molecule has 0 bridgehead atoms. The molecule has 1 aromatic carbocycles.